The maximum absolute atomic E-state index is 9.38. The van der Waals surface area contributed by atoms with Gasteiger partial charge >= 0.3 is 0 Å². The second kappa shape index (κ2) is 6.48. The SMILES string of the molecule is CCN(Cc1ccccc1N)CC(O)CO. The monoisotopic (exact) mass is 224 g/mol. The maximum atomic E-state index is 9.38. The van der Waals surface area contributed by atoms with Crippen molar-refractivity contribution in [3.8, 4) is 0 Å². The van der Waals surface area contributed by atoms with Crippen LogP contribution in [0.2, 0.25) is 0 Å². The minimum Gasteiger partial charge on any atom is -0.398 e. The van der Waals surface area contributed by atoms with E-state index in [0.717, 1.165) is 17.8 Å². The number of para-hydroxylation sites is 1. The second-order valence-corrected chi connectivity index (χ2v) is 3.86. The van der Waals surface area contributed by atoms with Gasteiger partial charge in [0.15, 0.2) is 0 Å². The van der Waals surface area contributed by atoms with Gasteiger partial charge in [-0.1, -0.05) is 25.1 Å². The first-order valence-corrected chi connectivity index (χ1v) is 5.52. The summed E-state index contributed by atoms with van der Waals surface area (Å²) in [6.07, 6.45) is -0.690. The summed E-state index contributed by atoms with van der Waals surface area (Å²) in [5.41, 5.74) is 7.66. The molecular weight excluding hydrogens is 204 g/mol. The lowest BCUT2D eigenvalue weighted by Gasteiger charge is -2.23. The molecule has 0 bridgehead atoms. The standard InChI is InChI=1S/C12H20N2O2/c1-2-14(8-11(16)9-15)7-10-5-3-4-6-12(10)13/h3-6,11,15-16H,2,7-9,13H2,1H3. The van der Waals surface area contributed by atoms with Crippen LogP contribution in [0.5, 0.6) is 0 Å². The zero-order valence-corrected chi connectivity index (χ0v) is 9.63. The molecule has 0 radical (unpaired) electrons. The minimum atomic E-state index is -0.690. The molecular formula is C12H20N2O2. The van der Waals surface area contributed by atoms with E-state index in [4.69, 9.17) is 10.8 Å². The summed E-state index contributed by atoms with van der Waals surface area (Å²) >= 11 is 0. The molecule has 1 aromatic carbocycles. The fraction of sp³-hybridized carbons (Fsp3) is 0.500. The number of anilines is 1. The lowest BCUT2D eigenvalue weighted by atomic mass is 10.1. The smallest absolute Gasteiger partial charge is 0.0897 e. The van der Waals surface area contributed by atoms with Gasteiger partial charge in [-0.2, -0.15) is 0 Å². The average molecular weight is 224 g/mol. The first-order chi connectivity index (χ1) is 7.67. The van der Waals surface area contributed by atoms with Crippen LogP contribution in [0, 0.1) is 0 Å². The molecule has 1 rings (SSSR count). The van der Waals surface area contributed by atoms with E-state index in [-0.39, 0.29) is 6.61 Å². The number of likely N-dealkylation sites (N-methyl/N-ethyl adjacent to an activating group) is 1. The minimum absolute atomic E-state index is 0.208. The van der Waals surface area contributed by atoms with Crippen LogP contribution in [0.4, 0.5) is 5.69 Å². The summed E-state index contributed by atoms with van der Waals surface area (Å²) in [5.74, 6) is 0. The Hall–Kier alpha value is -1.10. The van der Waals surface area contributed by atoms with E-state index >= 15 is 0 Å². The fourth-order valence-electron chi connectivity index (χ4n) is 1.58. The molecule has 16 heavy (non-hydrogen) atoms. The molecule has 4 N–H and O–H groups in total. The summed E-state index contributed by atoms with van der Waals surface area (Å²) in [4.78, 5) is 2.05. The lowest BCUT2D eigenvalue weighted by molar-refractivity contribution is 0.0585. The van der Waals surface area contributed by atoms with Crippen molar-refractivity contribution < 1.29 is 10.2 Å². The van der Waals surface area contributed by atoms with E-state index in [2.05, 4.69) is 0 Å². The number of benzene rings is 1. The number of aliphatic hydroxyl groups is 2. The highest BCUT2D eigenvalue weighted by Gasteiger charge is 2.10. The molecule has 0 heterocycles. The molecule has 0 aliphatic carbocycles. The van der Waals surface area contributed by atoms with Crippen LogP contribution < -0.4 is 5.73 Å². The molecule has 1 aromatic rings. The number of nitrogen functional groups attached to an aromatic ring is 1. The highest BCUT2D eigenvalue weighted by atomic mass is 16.3. The number of hydrogen-bond acceptors (Lipinski definition) is 4. The normalized spacial score (nSPS) is 13.0. The molecule has 0 spiro atoms. The van der Waals surface area contributed by atoms with Crippen LogP contribution in [0.15, 0.2) is 24.3 Å². The third-order valence-corrected chi connectivity index (χ3v) is 2.58. The Bertz CT molecular complexity index is 318. The molecule has 1 unspecified atom stereocenters. The van der Waals surface area contributed by atoms with Crippen molar-refractivity contribution in [2.24, 2.45) is 0 Å². The van der Waals surface area contributed by atoms with Gasteiger partial charge in [-0.15, -0.1) is 0 Å². The number of rotatable bonds is 6. The van der Waals surface area contributed by atoms with Gasteiger partial charge in [0.1, 0.15) is 0 Å². The molecule has 1 atom stereocenters. The fourth-order valence-corrected chi connectivity index (χ4v) is 1.58. The van der Waals surface area contributed by atoms with Crippen LogP contribution >= 0.6 is 0 Å². The number of hydrogen-bond donors (Lipinski definition) is 3. The van der Waals surface area contributed by atoms with Crippen LogP contribution in [0.3, 0.4) is 0 Å². The van der Waals surface area contributed by atoms with Crippen LogP contribution in [-0.4, -0.2) is 40.9 Å². The van der Waals surface area contributed by atoms with Gasteiger partial charge in [-0.05, 0) is 18.2 Å². The maximum Gasteiger partial charge on any atom is 0.0897 e. The van der Waals surface area contributed by atoms with Gasteiger partial charge in [0.2, 0.25) is 0 Å². The first-order valence-electron chi connectivity index (χ1n) is 5.52. The quantitative estimate of drug-likeness (QED) is 0.613. The molecule has 0 fully saturated rings. The summed E-state index contributed by atoms with van der Waals surface area (Å²) in [6, 6.07) is 7.69. The van der Waals surface area contributed by atoms with Crippen molar-refractivity contribution in [2.45, 2.75) is 19.6 Å². The van der Waals surface area contributed by atoms with Crippen molar-refractivity contribution in [2.75, 3.05) is 25.4 Å². The molecule has 0 aliphatic rings. The van der Waals surface area contributed by atoms with Crippen LogP contribution in [0.25, 0.3) is 0 Å². The third kappa shape index (κ3) is 3.81. The van der Waals surface area contributed by atoms with Crippen LogP contribution in [-0.2, 0) is 6.54 Å². The van der Waals surface area contributed by atoms with Crippen molar-refractivity contribution >= 4 is 5.69 Å². The summed E-state index contributed by atoms with van der Waals surface area (Å²) in [5, 5.41) is 18.2. The van der Waals surface area contributed by atoms with Crippen molar-refractivity contribution in [1.29, 1.82) is 0 Å². The van der Waals surface area contributed by atoms with Gasteiger partial charge in [0.05, 0.1) is 12.7 Å². The number of nitrogens with zero attached hydrogens (tertiary/aromatic N) is 1. The first kappa shape index (κ1) is 13.0. The van der Waals surface area contributed by atoms with Gasteiger partial charge in [-0.3, -0.25) is 4.90 Å². The Balaban J connectivity index is 2.60. The van der Waals surface area contributed by atoms with Crippen LogP contribution in [0.1, 0.15) is 12.5 Å². The largest absolute Gasteiger partial charge is 0.398 e. The van der Waals surface area contributed by atoms with Gasteiger partial charge < -0.3 is 15.9 Å². The highest BCUT2D eigenvalue weighted by Crippen LogP contribution is 2.13. The summed E-state index contributed by atoms with van der Waals surface area (Å²) < 4.78 is 0. The predicted molar refractivity (Wildman–Crippen MR) is 64.9 cm³/mol. The van der Waals surface area contributed by atoms with E-state index in [1.807, 2.05) is 36.1 Å². The molecule has 0 saturated carbocycles. The average Bonchev–Trinajstić information content (AvgIpc) is 2.30. The van der Waals surface area contributed by atoms with E-state index in [0.29, 0.717) is 13.1 Å². The summed E-state index contributed by atoms with van der Waals surface area (Å²) in [7, 11) is 0. The number of aliphatic hydroxyl groups excluding tert-OH is 2. The summed E-state index contributed by atoms with van der Waals surface area (Å²) in [6.45, 7) is 3.77. The third-order valence-electron chi connectivity index (χ3n) is 2.58. The zero-order valence-electron chi connectivity index (χ0n) is 9.63. The predicted octanol–water partition coefficient (Wildman–Crippen LogP) is 0.444. The van der Waals surface area contributed by atoms with Gasteiger partial charge in [-0.25, -0.2) is 0 Å². The van der Waals surface area contributed by atoms with Gasteiger partial charge in [0.25, 0.3) is 0 Å². The molecule has 4 heteroatoms. The molecule has 0 aliphatic heterocycles. The zero-order chi connectivity index (χ0) is 12.0. The van der Waals surface area contributed by atoms with Crippen molar-refractivity contribution in [3.63, 3.8) is 0 Å². The molecule has 4 nitrogen and oxygen atoms in total. The molecule has 0 aromatic heterocycles. The highest BCUT2D eigenvalue weighted by molar-refractivity contribution is 5.46. The molecule has 0 amide bonds. The Morgan fingerprint density at radius 1 is 1.38 bits per heavy atom. The second-order valence-electron chi connectivity index (χ2n) is 3.86. The Kier molecular flexibility index (Phi) is 5.25. The molecule has 90 valence electrons. The van der Waals surface area contributed by atoms with Gasteiger partial charge in [0, 0.05) is 18.8 Å². The van der Waals surface area contributed by atoms with Crippen molar-refractivity contribution in [3.05, 3.63) is 29.8 Å². The lowest BCUT2D eigenvalue weighted by Crippen LogP contribution is -2.34. The van der Waals surface area contributed by atoms with Crippen molar-refractivity contribution in [1.82, 2.24) is 4.90 Å². The van der Waals surface area contributed by atoms with E-state index in [1.54, 1.807) is 0 Å². The Morgan fingerprint density at radius 3 is 2.62 bits per heavy atom. The van der Waals surface area contributed by atoms with E-state index in [9.17, 15) is 5.11 Å². The Morgan fingerprint density at radius 2 is 2.06 bits per heavy atom. The Labute approximate surface area is 96.3 Å². The van der Waals surface area contributed by atoms with E-state index < -0.39 is 6.10 Å². The topological polar surface area (TPSA) is 69.7 Å². The number of nitrogens with two attached hydrogens (primary N) is 1. The van der Waals surface area contributed by atoms with E-state index in [1.165, 1.54) is 0 Å². The molecule has 0 saturated heterocycles.